The summed E-state index contributed by atoms with van der Waals surface area (Å²) >= 11 is 0. The van der Waals surface area contributed by atoms with Gasteiger partial charge in [-0.3, -0.25) is 4.79 Å². The summed E-state index contributed by atoms with van der Waals surface area (Å²) in [4.78, 5) is 15.8. The van der Waals surface area contributed by atoms with Crippen molar-refractivity contribution in [3.05, 3.63) is 54.2 Å². The van der Waals surface area contributed by atoms with Crippen molar-refractivity contribution in [1.82, 2.24) is 4.98 Å². The molecule has 1 aromatic heterocycles. The molecule has 7 heteroatoms. The molecule has 0 aliphatic carbocycles. The van der Waals surface area contributed by atoms with Gasteiger partial charge in [0.1, 0.15) is 6.04 Å². The third kappa shape index (κ3) is 3.87. The van der Waals surface area contributed by atoms with Crippen LogP contribution in [-0.4, -0.2) is 25.6 Å². The normalized spacial score (nSPS) is 12.7. The van der Waals surface area contributed by atoms with Crippen LogP contribution in [0.15, 0.2) is 53.7 Å². The lowest BCUT2D eigenvalue weighted by atomic mass is 10.1. The number of sulfone groups is 1. The first kappa shape index (κ1) is 15.1. The highest BCUT2D eigenvalue weighted by molar-refractivity contribution is 7.90. The van der Waals surface area contributed by atoms with Crippen LogP contribution in [0.25, 0.3) is 0 Å². The first-order valence-corrected chi connectivity index (χ1v) is 8.04. The minimum absolute atomic E-state index is 0.0483. The Labute approximate surface area is 122 Å². The molecule has 0 saturated carbocycles. The molecule has 0 unspecified atom stereocenters. The minimum Gasteiger partial charge on any atom is -0.323 e. The fourth-order valence-corrected chi connectivity index (χ4v) is 2.26. The van der Waals surface area contributed by atoms with Gasteiger partial charge in [-0.2, -0.15) is 0 Å². The van der Waals surface area contributed by atoms with Gasteiger partial charge in [0.15, 0.2) is 14.9 Å². The second-order valence-electron chi connectivity index (χ2n) is 4.53. The number of rotatable bonds is 4. The number of pyridine rings is 1. The number of carbonyl (C=O) groups is 1. The van der Waals surface area contributed by atoms with Crippen molar-refractivity contribution in [3.8, 4) is 0 Å². The molecule has 1 aromatic carbocycles. The first-order valence-electron chi connectivity index (χ1n) is 6.15. The van der Waals surface area contributed by atoms with Crippen LogP contribution in [0.3, 0.4) is 0 Å². The van der Waals surface area contributed by atoms with Crippen LogP contribution in [0.5, 0.6) is 0 Å². The van der Waals surface area contributed by atoms with E-state index >= 15 is 0 Å². The van der Waals surface area contributed by atoms with Crippen molar-refractivity contribution in [2.24, 2.45) is 5.73 Å². The number of hydrogen-bond donors (Lipinski definition) is 2. The summed E-state index contributed by atoms with van der Waals surface area (Å²) in [5.74, 6) is -0.393. The molecule has 0 fully saturated rings. The van der Waals surface area contributed by atoms with E-state index in [0.717, 1.165) is 6.26 Å². The summed E-state index contributed by atoms with van der Waals surface area (Å²) < 4.78 is 22.6. The maximum atomic E-state index is 12.0. The average molecular weight is 305 g/mol. The number of carbonyl (C=O) groups excluding carboxylic acids is 1. The second-order valence-corrected chi connectivity index (χ2v) is 6.50. The fourth-order valence-electron chi connectivity index (χ4n) is 1.71. The van der Waals surface area contributed by atoms with Crippen LogP contribution in [0, 0.1) is 0 Å². The van der Waals surface area contributed by atoms with Crippen LogP contribution in [0.2, 0.25) is 0 Å². The van der Waals surface area contributed by atoms with E-state index in [2.05, 4.69) is 10.3 Å². The Morgan fingerprint density at radius 3 is 2.38 bits per heavy atom. The Kier molecular flexibility index (Phi) is 4.35. The van der Waals surface area contributed by atoms with Crippen molar-refractivity contribution in [2.45, 2.75) is 11.1 Å². The number of nitrogens with two attached hydrogens (primary N) is 1. The van der Waals surface area contributed by atoms with E-state index in [1.54, 1.807) is 24.3 Å². The zero-order valence-electron chi connectivity index (χ0n) is 11.4. The lowest BCUT2D eigenvalue weighted by Gasteiger charge is -2.12. The number of aromatic nitrogens is 1. The summed E-state index contributed by atoms with van der Waals surface area (Å²) in [6.07, 6.45) is 2.35. The number of nitrogens with zero attached hydrogens (tertiary/aromatic N) is 1. The summed E-state index contributed by atoms with van der Waals surface area (Å²) in [7, 11) is -3.36. The highest BCUT2D eigenvalue weighted by Gasteiger charge is 2.16. The Morgan fingerprint density at radius 2 is 1.86 bits per heavy atom. The van der Waals surface area contributed by atoms with E-state index in [-0.39, 0.29) is 5.03 Å². The van der Waals surface area contributed by atoms with Crippen LogP contribution < -0.4 is 11.1 Å². The van der Waals surface area contributed by atoms with Crippen LogP contribution in [0.4, 0.5) is 5.69 Å². The molecular weight excluding hydrogens is 290 g/mol. The third-order valence-electron chi connectivity index (χ3n) is 2.82. The van der Waals surface area contributed by atoms with Crippen LogP contribution >= 0.6 is 0 Å². The predicted octanol–water partition coefficient (Wildman–Crippen LogP) is 1.12. The molecule has 1 amide bonds. The van der Waals surface area contributed by atoms with E-state index in [4.69, 9.17) is 5.73 Å². The molecule has 0 aliphatic heterocycles. The summed E-state index contributed by atoms with van der Waals surface area (Å²) in [5.41, 5.74) is 6.94. The lowest BCUT2D eigenvalue weighted by Crippen LogP contribution is -2.27. The predicted molar refractivity (Wildman–Crippen MR) is 79.3 cm³/mol. The van der Waals surface area contributed by atoms with E-state index in [9.17, 15) is 13.2 Å². The average Bonchev–Trinajstić information content (AvgIpc) is 2.47. The smallest absolute Gasteiger partial charge is 0.245 e. The van der Waals surface area contributed by atoms with Gasteiger partial charge in [-0.25, -0.2) is 13.4 Å². The number of nitrogens with one attached hydrogen (secondary N) is 1. The van der Waals surface area contributed by atoms with Gasteiger partial charge in [0, 0.05) is 6.26 Å². The number of hydrogen-bond acceptors (Lipinski definition) is 5. The summed E-state index contributed by atoms with van der Waals surface area (Å²) in [6, 6.07) is 10.9. The number of anilines is 1. The Morgan fingerprint density at radius 1 is 1.19 bits per heavy atom. The molecule has 0 radical (unpaired) electrons. The van der Waals surface area contributed by atoms with Crippen molar-refractivity contribution >= 4 is 21.4 Å². The van der Waals surface area contributed by atoms with Crippen molar-refractivity contribution in [1.29, 1.82) is 0 Å². The molecule has 0 saturated heterocycles. The molecular formula is C14H15N3O3S. The minimum atomic E-state index is -3.36. The molecule has 0 spiro atoms. The lowest BCUT2D eigenvalue weighted by molar-refractivity contribution is -0.117. The van der Waals surface area contributed by atoms with Crippen molar-refractivity contribution < 1.29 is 13.2 Å². The van der Waals surface area contributed by atoms with E-state index < -0.39 is 21.8 Å². The molecule has 2 aromatic rings. The molecule has 110 valence electrons. The largest absolute Gasteiger partial charge is 0.323 e. The second kappa shape index (κ2) is 6.02. The summed E-state index contributed by atoms with van der Waals surface area (Å²) in [6.45, 7) is 0. The summed E-state index contributed by atoms with van der Waals surface area (Å²) in [5, 5.41) is 2.55. The first-order chi connectivity index (χ1) is 9.88. The zero-order chi connectivity index (χ0) is 15.5. The monoisotopic (exact) mass is 305 g/mol. The van der Waals surface area contributed by atoms with Gasteiger partial charge < -0.3 is 11.1 Å². The highest BCUT2D eigenvalue weighted by atomic mass is 32.2. The van der Waals surface area contributed by atoms with Gasteiger partial charge in [-0.1, -0.05) is 30.3 Å². The molecule has 2 rings (SSSR count). The van der Waals surface area contributed by atoms with Gasteiger partial charge in [-0.05, 0) is 17.7 Å². The van der Waals surface area contributed by atoms with Crippen LogP contribution in [-0.2, 0) is 14.6 Å². The molecule has 1 atom stereocenters. The van der Waals surface area contributed by atoms with Gasteiger partial charge >= 0.3 is 0 Å². The van der Waals surface area contributed by atoms with Crippen LogP contribution in [0.1, 0.15) is 11.6 Å². The molecule has 1 heterocycles. The quantitative estimate of drug-likeness (QED) is 0.881. The van der Waals surface area contributed by atoms with Gasteiger partial charge in [0.05, 0.1) is 11.9 Å². The van der Waals surface area contributed by atoms with Crippen molar-refractivity contribution in [2.75, 3.05) is 11.6 Å². The van der Waals surface area contributed by atoms with Gasteiger partial charge in [-0.15, -0.1) is 0 Å². The molecule has 21 heavy (non-hydrogen) atoms. The molecule has 0 bridgehead atoms. The fraction of sp³-hybridized carbons (Fsp3) is 0.143. The Balaban J connectivity index is 2.10. The Hall–Kier alpha value is -2.25. The topological polar surface area (TPSA) is 102 Å². The third-order valence-corrected chi connectivity index (χ3v) is 3.83. The molecule has 0 aliphatic rings. The van der Waals surface area contributed by atoms with E-state index in [0.29, 0.717) is 11.3 Å². The molecule has 3 N–H and O–H groups in total. The number of benzene rings is 1. The SMILES string of the molecule is CS(=O)(=O)c1ccc(NC(=O)[C@H](N)c2ccccc2)cn1. The number of amides is 1. The maximum absolute atomic E-state index is 12.0. The molecule has 6 nitrogen and oxygen atoms in total. The standard InChI is InChI=1S/C14H15N3O3S/c1-21(19,20)12-8-7-11(9-16-12)17-14(18)13(15)10-5-3-2-4-6-10/h2-9,13H,15H2,1H3,(H,17,18)/t13-/m1/s1. The van der Waals surface area contributed by atoms with Gasteiger partial charge in [0.25, 0.3) is 0 Å². The zero-order valence-corrected chi connectivity index (χ0v) is 12.2. The van der Waals surface area contributed by atoms with Gasteiger partial charge in [0.2, 0.25) is 5.91 Å². The van der Waals surface area contributed by atoms with Crippen molar-refractivity contribution in [3.63, 3.8) is 0 Å². The van der Waals surface area contributed by atoms with E-state index in [1.807, 2.05) is 6.07 Å². The highest BCUT2D eigenvalue weighted by Crippen LogP contribution is 2.14. The maximum Gasteiger partial charge on any atom is 0.245 e. The Bertz CT molecular complexity index is 728. The van der Waals surface area contributed by atoms with E-state index in [1.165, 1.54) is 18.3 Å².